The SMILES string of the molecule is [C-]#[N+]c1ccc(N(c2ccc(C#N)cc2)c2cc(N3c4ccccc4C(C)(C)c4ccccc43)cc(-n3c4ccccc4c4ccccc43)c2)cc1. The first-order valence-electron chi connectivity index (χ1n) is 17.4. The van der Waals surface area contributed by atoms with Crippen LogP contribution in [0, 0.1) is 17.9 Å². The first kappa shape index (κ1) is 30.9. The summed E-state index contributed by atoms with van der Waals surface area (Å²) >= 11 is 0. The van der Waals surface area contributed by atoms with Crippen LogP contribution in [0.4, 0.5) is 39.8 Å². The van der Waals surface area contributed by atoms with Crippen LogP contribution in [0.1, 0.15) is 30.5 Å². The summed E-state index contributed by atoms with van der Waals surface area (Å²) in [6.07, 6.45) is 0. The average Bonchev–Trinajstić information content (AvgIpc) is 3.53. The number of hydrogen-bond donors (Lipinski definition) is 0. The molecule has 0 saturated heterocycles. The Balaban J connectivity index is 1.38. The third-order valence-electron chi connectivity index (χ3n) is 10.4. The van der Waals surface area contributed by atoms with Crippen LogP contribution in [0.5, 0.6) is 0 Å². The van der Waals surface area contributed by atoms with E-state index in [9.17, 15) is 5.26 Å². The molecule has 0 atom stereocenters. The van der Waals surface area contributed by atoms with Crippen molar-refractivity contribution in [1.29, 1.82) is 5.26 Å². The summed E-state index contributed by atoms with van der Waals surface area (Å²) in [4.78, 5) is 8.27. The van der Waals surface area contributed by atoms with Gasteiger partial charge in [-0.1, -0.05) is 98.8 Å². The van der Waals surface area contributed by atoms with E-state index in [0.29, 0.717) is 11.3 Å². The fraction of sp³-hybridized carbons (Fsp3) is 0.0638. The summed E-state index contributed by atoms with van der Waals surface area (Å²) in [5.41, 5.74) is 12.8. The first-order chi connectivity index (χ1) is 25.5. The number of rotatable bonds is 5. The minimum Gasteiger partial charge on any atom is -0.310 e. The molecule has 5 heteroatoms. The van der Waals surface area contributed by atoms with E-state index < -0.39 is 0 Å². The van der Waals surface area contributed by atoms with Crippen molar-refractivity contribution in [3.8, 4) is 11.8 Å². The number of nitrogens with zero attached hydrogens (tertiary/aromatic N) is 5. The molecule has 0 bridgehead atoms. The van der Waals surface area contributed by atoms with Gasteiger partial charge in [-0.05, 0) is 90.0 Å². The van der Waals surface area contributed by atoms with E-state index in [-0.39, 0.29) is 5.41 Å². The zero-order valence-corrected chi connectivity index (χ0v) is 28.8. The van der Waals surface area contributed by atoms with Crippen molar-refractivity contribution in [2.75, 3.05) is 9.80 Å². The quantitative estimate of drug-likeness (QED) is 0.172. The molecule has 0 fully saturated rings. The predicted octanol–water partition coefficient (Wildman–Crippen LogP) is 12.8. The van der Waals surface area contributed by atoms with Crippen LogP contribution < -0.4 is 9.80 Å². The van der Waals surface area contributed by atoms with Crippen molar-refractivity contribution in [3.63, 3.8) is 0 Å². The van der Waals surface area contributed by atoms with E-state index in [0.717, 1.165) is 50.8 Å². The Hall–Kier alpha value is -7.08. The second kappa shape index (κ2) is 12.1. The van der Waals surface area contributed by atoms with Gasteiger partial charge in [-0.3, -0.25) is 0 Å². The van der Waals surface area contributed by atoms with Crippen LogP contribution in [0.3, 0.4) is 0 Å². The topological polar surface area (TPSA) is 39.6 Å². The van der Waals surface area contributed by atoms with Crippen LogP contribution in [0.15, 0.2) is 164 Å². The molecule has 0 saturated carbocycles. The van der Waals surface area contributed by atoms with Crippen LogP contribution in [-0.2, 0) is 5.41 Å². The highest BCUT2D eigenvalue weighted by atomic mass is 15.2. The minimum absolute atomic E-state index is 0.198. The fourth-order valence-corrected chi connectivity index (χ4v) is 7.92. The second-order valence-corrected chi connectivity index (χ2v) is 13.7. The molecule has 2 heterocycles. The molecule has 0 amide bonds. The van der Waals surface area contributed by atoms with Crippen LogP contribution in [0.2, 0.25) is 0 Å². The van der Waals surface area contributed by atoms with Gasteiger partial charge < -0.3 is 14.4 Å². The van der Waals surface area contributed by atoms with Crippen molar-refractivity contribution in [3.05, 3.63) is 192 Å². The normalized spacial score (nSPS) is 12.9. The predicted molar refractivity (Wildman–Crippen MR) is 213 cm³/mol. The van der Waals surface area contributed by atoms with Crippen molar-refractivity contribution >= 4 is 61.6 Å². The number of benzene rings is 7. The van der Waals surface area contributed by atoms with Crippen molar-refractivity contribution in [2.24, 2.45) is 0 Å². The van der Waals surface area contributed by atoms with E-state index >= 15 is 0 Å². The van der Waals surface area contributed by atoms with E-state index in [1.807, 2.05) is 48.5 Å². The number of nitriles is 1. The number of fused-ring (bicyclic) bond motifs is 5. The average molecular weight is 668 g/mol. The highest BCUT2D eigenvalue weighted by molar-refractivity contribution is 6.09. The van der Waals surface area contributed by atoms with Gasteiger partial charge in [-0.2, -0.15) is 5.26 Å². The standard InChI is InChI=1S/C47H33N5/c1-47(2)41-14-6-10-18-45(41)52(46-19-11-7-15-42(46)47)38-29-36(50(34-24-20-32(31-48)21-25-34)35-26-22-33(49-3)23-27-35)28-37(30-38)51-43-16-8-4-12-39(43)40-13-5-9-17-44(40)51/h4-30H,1-2H3. The molecule has 5 nitrogen and oxygen atoms in total. The molecule has 0 spiro atoms. The molecule has 8 aromatic rings. The molecule has 0 N–H and O–H groups in total. The Labute approximate surface area is 303 Å². The van der Waals surface area contributed by atoms with Gasteiger partial charge in [-0.15, -0.1) is 0 Å². The van der Waals surface area contributed by atoms with Gasteiger partial charge in [-0.25, -0.2) is 4.85 Å². The van der Waals surface area contributed by atoms with Gasteiger partial charge in [0.25, 0.3) is 0 Å². The molecule has 7 aromatic carbocycles. The smallest absolute Gasteiger partial charge is 0.187 e. The van der Waals surface area contributed by atoms with Crippen LogP contribution >= 0.6 is 0 Å². The summed E-state index contributed by atoms with van der Waals surface area (Å²) in [6.45, 7) is 12.2. The van der Waals surface area contributed by atoms with E-state index in [2.05, 4.69) is 154 Å². The number of aromatic nitrogens is 1. The van der Waals surface area contributed by atoms with Crippen LogP contribution in [-0.4, -0.2) is 4.57 Å². The number of para-hydroxylation sites is 4. The molecule has 246 valence electrons. The molecule has 0 unspecified atom stereocenters. The molecule has 0 aliphatic carbocycles. The highest BCUT2D eigenvalue weighted by Gasteiger charge is 2.37. The van der Waals surface area contributed by atoms with E-state index in [1.165, 1.54) is 21.9 Å². The first-order valence-corrected chi connectivity index (χ1v) is 17.4. The lowest BCUT2D eigenvalue weighted by Gasteiger charge is -2.42. The molecule has 1 aliphatic rings. The summed E-state index contributed by atoms with van der Waals surface area (Å²) < 4.78 is 2.36. The third kappa shape index (κ3) is 4.83. The lowest BCUT2D eigenvalue weighted by Crippen LogP contribution is -2.30. The summed E-state index contributed by atoms with van der Waals surface area (Å²) in [5, 5.41) is 12.0. The summed E-state index contributed by atoms with van der Waals surface area (Å²) in [5.74, 6) is 0. The summed E-state index contributed by atoms with van der Waals surface area (Å²) in [6, 6.07) is 59.1. The Morgan fingerprint density at radius 1 is 0.577 bits per heavy atom. The maximum Gasteiger partial charge on any atom is 0.187 e. The zero-order valence-electron chi connectivity index (χ0n) is 28.8. The van der Waals surface area contributed by atoms with E-state index in [4.69, 9.17) is 6.57 Å². The van der Waals surface area contributed by atoms with E-state index in [1.54, 1.807) is 0 Å². The summed E-state index contributed by atoms with van der Waals surface area (Å²) in [7, 11) is 0. The van der Waals surface area contributed by atoms with Crippen LogP contribution in [0.25, 0.3) is 32.3 Å². The maximum absolute atomic E-state index is 9.65. The van der Waals surface area contributed by atoms with Crippen molar-refractivity contribution in [2.45, 2.75) is 19.3 Å². The van der Waals surface area contributed by atoms with Crippen molar-refractivity contribution < 1.29 is 0 Å². The monoisotopic (exact) mass is 667 g/mol. The Morgan fingerprint density at radius 3 is 1.63 bits per heavy atom. The lowest BCUT2D eigenvalue weighted by molar-refractivity contribution is 0.632. The van der Waals surface area contributed by atoms with Gasteiger partial charge >= 0.3 is 0 Å². The van der Waals surface area contributed by atoms with Gasteiger partial charge in [0.2, 0.25) is 0 Å². The molecular formula is C47H33N5. The third-order valence-corrected chi connectivity index (χ3v) is 10.4. The van der Waals surface area contributed by atoms with Gasteiger partial charge in [0.15, 0.2) is 5.69 Å². The largest absolute Gasteiger partial charge is 0.310 e. The lowest BCUT2D eigenvalue weighted by atomic mass is 9.73. The van der Waals surface area contributed by atoms with Crippen molar-refractivity contribution in [1.82, 2.24) is 4.57 Å². The van der Waals surface area contributed by atoms with Gasteiger partial charge in [0.1, 0.15) is 0 Å². The molecule has 9 rings (SSSR count). The minimum atomic E-state index is -0.198. The van der Waals surface area contributed by atoms with Gasteiger partial charge in [0.05, 0.1) is 57.7 Å². The molecule has 0 radical (unpaired) electrons. The maximum atomic E-state index is 9.65. The molecular weight excluding hydrogens is 635 g/mol. The second-order valence-electron chi connectivity index (χ2n) is 13.7. The molecule has 1 aromatic heterocycles. The zero-order chi connectivity index (χ0) is 35.4. The van der Waals surface area contributed by atoms with Gasteiger partial charge in [0, 0.05) is 27.6 Å². The number of hydrogen-bond acceptors (Lipinski definition) is 3. The molecule has 1 aliphatic heterocycles. The highest BCUT2D eigenvalue weighted by Crippen LogP contribution is 2.53. The Morgan fingerprint density at radius 2 is 1.08 bits per heavy atom. The Bertz CT molecular complexity index is 2580. The Kier molecular flexibility index (Phi) is 7.17. The number of anilines is 6. The fourth-order valence-electron chi connectivity index (χ4n) is 7.92. The molecule has 52 heavy (non-hydrogen) atoms.